The molecule has 2 atom stereocenters. The van der Waals surface area contributed by atoms with E-state index in [0.29, 0.717) is 0 Å². The number of rotatable bonds is 3. The first kappa shape index (κ1) is 14.9. The van der Waals surface area contributed by atoms with Crippen molar-refractivity contribution in [2.75, 3.05) is 6.54 Å². The number of aryl methyl sites for hydroxylation is 1. The Bertz CT molecular complexity index is 645. The topological polar surface area (TPSA) is 94.9 Å². The Kier molecular flexibility index (Phi) is 3.81. The lowest BCUT2D eigenvalue weighted by molar-refractivity contribution is -0.140. The third-order valence-electron chi connectivity index (χ3n) is 3.24. The third-order valence-corrected chi connectivity index (χ3v) is 5.28. The van der Waals surface area contributed by atoms with E-state index >= 15 is 0 Å². The van der Waals surface area contributed by atoms with Gasteiger partial charge >= 0.3 is 5.97 Å². The Morgan fingerprint density at radius 3 is 2.65 bits per heavy atom. The summed E-state index contributed by atoms with van der Waals surface area (Å²) in [7, 11) is -4.09. The van der Waals surface area contributed by atoms with Gasteiger partial charge in [0.1, 0.15) is 11.9 Å². The van der Waals surface area contributed by atoms with Gasteiger partial charge in [-0.1, -0.05) is 0 Å². The predicted molar refractivity (Wildman–Crippen MR) is 67.1 cm³/mol. The van der Waals surface area contributed by atoms with Gasteiger partial charge in [0.2, 0.25) is 10.0 Å². The molecule has 2 N–H and O–H groups in total. The number of benzene rings is 1. The van der Waals surface area contributed by atoms with Crippen LogP contribution in [0.15, 0.2) is 23.1 Å². The smallest absolute Gasteiger partial charge is 0.322 e. The molecule has 2 rings (SSSR count). The molecule has 110 valence electrons. The molecular formula is C12H14FNO5S. The number of nitrogens with zero attached hydrogens (tertiary/aromatic N) is 1. The average molecular weight is 303 g/mol. The van der Waals surface area contributed by atoms with Crippen molar-refractivity contribution in [1.82, 2.24) is 4.31 Å². The van der Waals surface area contributed by atoms with Crippen molar-refractivity contribution in [2.45, 2.75) is 30.4 Å². The van der Waals surface area contributed by atoms with Gasteiger partial charge in [-0.05, 0) is 30.7 Å². The maximum absolute atomic E-state index is 13.0. The number of β-amino-alcohol motifs (C(OH)–C–C–N with tert-alkyl or cyclic N) is 1. The van der Waals surface area contributed by atoms with Crippen molar-refractivity contribution < 1.29 is 27.8 Å². The molecular weight excluding hydrogens is 289 g/mol. The summed E-state index contributed by atoms with van der Waals surface area (Å²) in [6, 6.07) is 1.86. The van der Waals surface area contributed by atoms with Crippen molar-refractivity contribution in [3.8, 4) is 0 Å². The second-order valence-electron chi connectivity index (χ2n) is 4.73. The van der Waals surface area contributed by atoms with Crippen LogP contribution in [0.4, 0.5) is 4.39 Å². The van der Waals surface area contributed by atoms with Crippen LogP contribution in [-0.4, -0.2) is 47.6 Å². The monoisotopic (exact) mass is 303 g/mol. The number of carbonyl (C=O) groups is 1. The number of halogens is 1. The van der Waals surface area contributed by atoms with Crippen LogP contribution in [0.2, 0.25) is 0 Å². The maximum Gasteiger partial charge on any atom is 0.322 e. The molecule has 1 heterocycles. The fraction of sp³-hybridized carbons (Fsp3) is 0.417. The molecule has 0 amide bonds. The van der Waals surface area contributed by atoms with Crippen LogP contribution < -0.4 is 0 Å². The van der Waals surface area contributed by atoms with E-state index < -0.39 is 34.0 Å². The molecule has 0 bridgehead atoms. The lowest BCUT2D eigenvalue weighted by Crippen LogP contribution is -2.40. The molecule has 0 spiro atoms. The largest absolute Gasteiger partial charge is 0.480 e. The van der Waals surface area contributed by atoms with E-state index in [9.17, 15) is 22.7 Å². The first-order valence-electron chi connectivity index (χ1n) is 5.92. The van der Waals surface area contributed by atoms with Crippen molar-refractivity contribution in [3.63, 3.8) is 0 Å². The quantitative estimate of drug-likeness (QED) is 0.840. The van der Waals surface area contributed by atoms with E-state index in [1.807, 2.05) is 0 Å². The van der Waals surface area contributed by atoms with Gasteiger partial charge in [0.15, 0.2) is 0 Å². The summed E-state index contributed by atoms with van der Waals surface area (Å²) in [5.41, 5.74) is 0.190. The molecule has 0 saturated carbocycles. The Labute approximate surface area is 115 Å². The van der Waals surface area contributed by atoms with E-state index in [4.69, 9.17) is 5.11 Å². The zero-order valence-corrected chi connectivity index (χ0v) is 11.5. The summed E-state index contributed by atoms with van der Waals surface area (Å²) >= 11 is 0. The number of hydrogen-bond donors (Lipinski definition) is 2. The Morgan fingerprint density at radius 2 is 2.10 bits per heavy atom. The highest BCUT2D eigenvalue weighted by atomic mass is 32.2. The zero-order valence-electron chi connectivity index (χ0n) is 10.7. The van der Waals surface area contributed by atoms with Crippen LogP contribution in [-0.2, 0) is 14.8 Å². The minimum Gasteiger partial charge on any atom is -0.480 e. The summed E-state index contributed by atoms with van der Waals surface area (Å²) in [6.07, 6.45) is -1.18. The molecule has 1 aliphatic heterocycles. The first-order valence-corrected chi connectivity index (χ1v) is 7.36. The predicted octanol–water partition coefficient (Wildman–Crippen LogP) is 0.343. The van der Waals surface area contributed by atoms with Gasteiger partial charge in [0.25, 0.3) is 0 Å². The number of carboxylic acid groups (broad SMARTS) is 1. The fourth-order valence-electron chi connectivity index (χ4n) is 2.30. The van der Waals surface area contributed by atoms with E-state index in [1.165, 1.54) is 6.92 Å². The lowest BCUT2D eigenvalue weighted by Gasteiger charge is -2.21. The van der Waals surface area contributed by atoms with Gasteiger partial charge in [-0.25, -0.2) is 12.8 Å². The van der Waals surface area contributed by atoms with E-state index in [2.05, 4.69) is 0 Å². The molecule has 20 heavy (non-hydrogen) atoms. The fourth-order valence-corrected chi connectivity index (χ4v) is 4.14. The summed E-state index contributed by atoms with van der Waals surface area (Å²) in [4.78, 5) is 10.9. The molecule has 0 radical (unpaired) electrons. The number of aliphatic hydroxyl groups is 1. The van der Waals surface area contributed by atoms with Crippen molar-refractivity contribution in [1.29, 1.82) is 0 Å². The summed E-state index contributed by atoms with van der Waals surface area (Å²) in [5.74, 6) is -1.89. The SMILES string of the molecule is Cc1cc(F)ccc1S(=O)(=O)N1CC(O)CC1C(=O)O. The standard InChI is InChI=1S/C12H14FNO5S/c1-7-4-8(13)2-3-11(7)20(18,19)14-6-9(15)5-10(14)12(16)17/h2-4,9-10,15H,5-6H2,1H3,(H,16,17). The van der Waals surface area contributed by atoms with Crippen molar-refractivity contribution in [3.05, 3.63) is 29.6 Å². The molecule has 1 saturated heterocycles. The van der Waals surface area contributed by atoms with Gasteiger partial charge in [0, 0.05) is 13.0 Å². The number of carboxylic acids is 1. The van der Waals surface area contributed by atoms with E-state index in [0.717, 1.165) is 22.5 Å². The van der Waals surface area contributed by atoms with Gasteiger partial charge in [-0.3, -0.25) is 4.79 Å². The van der Waals surface area contributed by atoms with Gasteiger partial charge in [-0.2, -0.15) is 4.31 Å². The molecule has 8 heteroatoms. The third kappa shape index (κ3) is 2.54. The summed E-state index contributed by atoms with van der Waals surface area (Å²) < 4.78 is 38.7. The Balaban J connectivity index is 2.46. The van der Waals surface area contributed by atoms with Crippen molar-refractivity contribution >= 4 is 16.0 Å². The second-order valence-corrected chi connectivity index (χ2v) is 6.59. The summed E-state index contributed by atoms with van der Waals surface area (Å²) in [6.45, 7) is 1.15. The minimum atomic E-state index is -4.09. The van der Waals surface area contributed by atoms with Crippen LogP contribution in [0.5, 0.6) is 0 Å². The van der Waals surface area contributed by atoms with Crippen LogP contribution in [0.3, 0.4) is 0 Å². The number of sulfonamides is 1. The molecule has 1 aliphatic rings. The van der Waals surface area contributed by atoms with Gasteiger partial charge in [-0.15, -0.1) is 0 Å². The van der Waals surface area contributed by atoms with Crippen LogP contribution >= 0.6 is 0 Å². The molecule has 1 aromatic rings. The van der Waals surface area contributed by atoms with Crippen LogP contribution in [0.1, 0.15) is 12.0 Å². The molecule has 1 aromatic carbocycles. The number of hydrogen-bond acceptors (Lipinski definition) is 4. The number of aliphatic carboxylic acids is 1. The van der Waals surface area contributed by atoms with Crippen LogP contribution in [0, 0.1) is 12.7 Å². The Morgan fingerprint density at radius 1 is 1.45 bits per heavy atom. The second kappa shape index (κ2) is 5.12. The van der Waals surface area contributed by atoms with Gasteiger partial charge in [0.05, 0.1) is 11.0 Å². The summed E-state index contributed by atoms with van der Waals surface area (Å²) in [5, 5.41) is 18.6. The molecule has 0 aromatic heterocycles. The normalized spacial score (nSPS) is 23.9. The van der Waals surface area contributed by atoms with E-state index in [-0.39, 0.29) is 23.4 Å². The maximum atomic E-state index is 13.0. The highest BCUT2D eigenvalue weighted by Crippen LogP contribution is 2.28. The number of aliphatic hydroxyl groups excluding tert-OH is 1. The molecule has 1 fully saturated rings. The highest BCUT2D eigenvalue weighted by molar-refractivity contribution is 7.89. The molecule has 6 nitrogen and oxygen atoms in total. The van der Waals surface area contributed by atoms with E-state index in [1.54, 1.807) is 0 Å². The van der Waals surface area contributed by atoms with Crippen LogP contribution in [0.25, 0.3) is 0 Å². The minimum absolute atomic E-state index is 0.153. The van der Waals surface area contributed by atoms with Crippen molar-refractivity contribution in [2.24, 2.45) is 0 Å². The average Bonchev–Trinajstić information content (AvgIpc) is 2.71. The highest BCUT2D eigenvalue weighted by Gasteiger charge is 2.43. The molecule has 0 aliphatic carbocycles. The van der Waals surface area contributed by atoms with Gasteiger partial charge < -0.3 is 10.2 Å². The lowest BCUT2D eigenvalue weighted by atomic mass is 10.2. The Hall–Kier alpha value is -1.51. The zero-order chi connectivity index (χ0) is 15.1. The molecule has 2 unspecified atom stereocenters. The first-order chi connectivity index (χ1) is 9.23.